The van der Waals surface area contributed by atoms with Gasteiger partial charge in [0.1, 0.15) is 0 Å². The van der Waals surface area contributed by atoms with Gasteiger partial charge in [0.15, 0.2) is 0 Å². The summed E-state index contributed by atoms with van der Waals surface area (Å²) in [6, 6.07) is 8.88. The van der Waals surface area contributed by atoms with Crippen molar-refractivity contribution >= 4 is 15.9 Å². The normalized spacial score (nSPS) is 11.8. The van der Waals surface area contributed by atoms with Crippen molar-refractivity contribution in [3.05, 3.63) is 34.3 Å². The highest BCUT2D eigenvalue weighted by atomic mass is 79.9. The molecule has 0 fully saturated rings. The Morgan fingerprint density at radius 1 is 1.05 bits per heavy atom. The minimum absolute atomic E-state index is 0.294. The van der Waals surface area contributed by atoms with Gasteiger partial charge in [0.05, 0.1) is 0 Å². The second-order valence-corrected chi connectivity index (χ2v) is 6.38. The molecule has 0 atom stereocenters. The van der Waals surface area contributed by atoms with E-state index in [0.29, 0.717) is 5.41 Å². The lowest BCUT2D eigenvalue weighted by molar-refractivity contribution is 0.335. The van der Waals surface area contributed by atoms with Crippen molar-refractivity contribution in [3.8, 4) is 0 Å². The standard InChI is InChI=1S/C17H28BrN/c1-4-10-17(11-5-2,14-19-12-6-3)15-8-7-9-16(18)13-15/h7-9,13,19H,4-6,10-12,14H2,1-3H3. The molecule has 0 saturated heterocycles. The van der Waals surface area contributed by atoms with Crippen molar-refractivity contribution in [2.75, 3.05) is 13.1 Å². The molecule has 1 nitrogen and oxygen atoms in total. The highest BCUT2D eigenvalue weighted by Gasteiger charge is 2.30. The van der Waals surface area contributed by atoms with Gasteiger partial charge in [-0.2, -0.15) is 0 Å². The van der Waals surface area contributed by atoms with Crippen LogP contribution in [0.25, 0.3) is 0 Å². The van der Waals surface area contributed by atoms with Crippen LogP contribution in [0.1, 0.15) is 58.4 Å². The van der Waals surface area contributed by atoms with Gasteiger partial charge in [-0.15, -0.1) is 0 Å². The van der Waals surface area contributed by atoms with Crippen molar-refractivity contribution < 1.29 is 0 Å². The summed E-state index contributed by atoms with van der Waals surface area (Å²) in [4.78, 5) is 0. The zero-order chi connectivity index (χ0) is 14.1. The van der Waals surface area contributed by atoms with E-state index in [0.717, 1.165) is 13.1 Å². The SMILES string of the molecule is CCCNCC(CCC)(CCC)c1cccc(Br)c1. The van der Waals surface area contributed by atoms with E-state index in [-0.39, 0.29) is 0 Å². The molecule has 0 amide bonds. The maximum absolute atomic E-state index is 3.65. The molecule has 0 radical (unpaired) electrons. The highest BCUT2D eigenvalue weighted by molar-refractivity contribution is 9.10. The minimum Gasteiger partial charge on any atom is -0.316 e. The summed E-state index contributed by atoms with van der Waals surface area (Å²) in [5, 5.41) is 3.65. The molecular formula is C17H28BrN. The van der Waals surface area contributed by atoms with E-state index < -0.39 is 0 Å². The summed E-state index contributed by atoms with van der Waals surface area (Å²) in [6.07, 6.45) is 6.19. The van der Waals surface area contributed by atoms with Gasteiger partial charge in [-0.05, 0) is 43.5 Å². The monoisotopic (exact) mass is 325 g/mol. The van der Waals surface area contributed by atoms with Crippen LogP contribution < -0.4 is 5.32 Å². The number of rotatable bonds is 9. The molecule has 0 bridgehead atoms. The lowest BCUT2D eigenvalue weighted by Gasteiger charge is -2.35. The molecule has 0 spiro atoms. The summed E-state index contributed by atoms with van der Waals surface area (Å²) in [6.45, 7) is 9.03. The van der Waals surface area contributed by atoms with Gasteiger partial charge in [-0.25, -0.2) is 0 Å². The van der Waals surface area contributed by atoms with Crippen LogP contribution in [-0.2, 0) is 5.41 Å². The number of nitrogens with one attached hydrogen (secondary N) is 1. The van der Waals surface area contributed by atoms with E-state index in [1.54, 1.807) is 0 Å². The zero-order valence-corrected chi connectivity index (χ0v) is 14.2. The van der Waals surface area contributed by atoms with Crippen molar-refractivity contribution in [2.45, 2.75) is 58.3 Å². The third kappa shape index (κ3) is 4.92. The third-order valence-corrected chi connectivity index (χ3v) is 4.28. The van der Waals surface area contributed by atoms with Gasteiger partial charge in [-0.1, -0.05) is 61.7 Å². The number of benzene rings is 1. The first-order valence-electron chi connectivity index (χ1n) is 7.65. The Morgan fingerprint density at radius 2 is 1.74 bits per heavy atom. The molecule has 0 aromatic heterocycles. The number of hydrogen-bond acceptors (Lipinski definition) is 1. The average molecular weight is 326 g/mol. The van der Waals surface area contributed by atoms with E-state index in [1.165, 1.54) is 42.1 Å². The van der Waals surface area contributed by atoms with Crippen molar-refractivity contribution in [1.82, 2.24) is 5.32 Å². The van der Waals surface area contributed by atoms with Gasteiger partial charge < -0.3 is 5.32 Å². The Balaban J connectivity index is 2.99. The molecule has 1 aromatic rings. The predicted octanol–water partition coefficient (Wildman–Crippen LogP) is 5.29. The third-order valence-electron chi connectivity index (χ3n) is 3.78. The minimum atomic E-state index is 0.294. The lowest BCUT2D eigenvalue weighted by atomic mass is 9.73. The Morgan fingerprint density at radius 3 is 2.26 bits per heavy atom. The summed E-state index contributed by atoms with van der Waals surface area (Å²) in [5.74, 6) is 0. The molecule has 1 N–H and O–H groups in total. The zero-order valence-electron chi connectivity index (χ0n) is 12.6. The average Bonchev–Trinajstić information content (AvgIpc) is 2.39. The maximum Gasteiger partial charge on any atom is 0.0178 e. The van der Waals surface area contributed by atoms with E-state index in [1.807, 2.05) is 0 Å². The molecule has 0 aliphatic carbocycles. The fraction of sp³-hybridized carbons (Fsp3) is 0.647. The maximum atomic E-state index is 3.65. The van der Waals surface area contributed by atoms with Gasteiger partial charge in [-0.3, -0.25) is 0 Å². The van der Waals surface area contributed by atoms with E-state index in [4.69, 9.17) is 0 Å². The summed E-state index contributed by atoms with van der Waals surface area (Å²) in [5.41, 5.74) is 1.77. The smallest absolute Gasteiger partial charge is 0.0178 e. The van der Waals surface area contributed by atoms with Crippen molar-refractivity contribution in [2.24, 2.45) is 0 Å². The topological polar surface area (TPSA) is 12.0 Å². The van der Waals surface area contributed by atoms with Gasteiger partial charge in [0.2, 0.25) is 0 Å². The molecule has 0 saturated carbocycles. The fourth-order valence-corrected chi connectivity index (χ4v) is 3.37. The molecule has 19 heavy (non-hydrogen) atoms. The summed E-state index contributed by atoms with van der Waals surface area (Å²) < 4.78 is 1.19. The summed E-state index contributed by atoms with van der Waals surface area (Å²) >= 11 is 3.62. The molecule has 0 aliphatic rings. The Kier molecular flexibility index (Phi) is 7.70. The van der Waals surface area contributed by atoms with Crippen LogP contribution in [0.2, 0.25) is 0 Å². The van der Waals surface area contributed by atoms with Crippen LogP contribution in [0.3, 0.4) is 0 Å². The highest BCUT2D eigenvalue weighted by Crippen LogP contribution is 2.35. The van der Waals surface area contributed by atoms with Crippen LogP contribution in [0, 0.1) is 0 Å². The molecule has 1 rings (SSSR count). The molecule has 0 heterocycles. The first-order chi connectivity index (χ1) is 9.18. The van der Waals surface area contributed by atoms with E-state index in [9.17, 15) is 0 Å². The quantitative estimate of drug-likeness (QED) is 0.608. The number of halogens is 1. The van der Waals surface area contributed by atoms with Crippen LogP contribution in [0.15, 0.2) is 28.7 Å². The molecule has 1 aromatic carbocycles. The van der Waals surface area contributed by atoms with E-state index >= 15 is 0 Å². The van der Waals surface area contributed by atoms with Crippen LogP contribution in [0.5, 0.6) is 0 Å². The second-order valence-electron chi connectivity index (χ2n) is 5.47. The van der Waals surface area contributed by atoms with Crippen LogP contribution in [-0.4, -0.2) is 13.1 Å². The van der Waals surface area contributed by atoms with Crippen LogP contribution in [0.4, 0.5) is 0 Å². The molecule has 2 heteroatoms. The van der Waals surface area contributed by atoms with Crippen molar-refractivity contribution in [1.29, 1.82) is 0 Å². The van der Waals surface area contributed by atoms with E-state index in [2.05, 4.69) is 66.3 Å². The molecule has 108 valence electrons. The van der Waals surface area contributed by atoms with Crippen LogP contribution >= 0.6 is 15.9 Å². The molecule has 0 aliphatic heterocycles. The van der Waals surface area contributed by atoms with Gasteiger partial charge in [0, 0.05) is 16.4 Å². The summed E-state index contributed by atoms with van der Waals surface area (Å²) in [7, 11) is 0. The second kappa shape index (κ2) is 8.76. The Bertz CT molecular complexity index is 356. The van der Waals surface area contributed by atoms with Crippen molar-refractivity contribution in [3.63, 3.8) is 0 Å². The predicted molar refractivity (Wildman–Crippen MR) is 88.8 cm³/mol. The van der Waals surface area contributed by atoms with Gasteiger partial charge in [0.25, 0.3) is 0 Å². The number of hydrogen-bond donors (Lipinski definition) is 1. The van der Waals surface area contributed by atoms with Gasteiger partial charge >= 0.3 is 0 Å². The first kappa shape index (κ1) is 16.7. The fourth-order valence-electron chi connectivity index (χ4n) is 2.97. The lowest BCUT2D eigenvalue weighted by Crippen LogP contribution is -2.38. The largest absolute Gasteiger partial charge is 0.316 e. The molecule has 0 unspecified atom stereocenters. The Hall–Kier alpha value is -0.340. The molecular weight excluding hydrogens is 298 g/mol. The first-order valence-corrected chi connectivity index (χ1v) is 8.44. The Labute approximate surface area is 127 Å².